The molecule has 41 heavy (non-hydrogen) atoms. The molecular formula is C30H29F3N4O4. The number of halogens is 3. The highest BCUT2D eigenvalue weighted by Gasteiger charge is 2.35. The van der Waals surface area contributed by atoms with Crippen molar-refractivity contribution in [3.05, 3.63) is 78.1 Å². The number of rotatable bonds is 7. The first-order valence-corrected chi connectivity index (χ1v) is 12.9. The Morgan fingerprint density at radius 1 is 0.927 bits per heavy atom. The summed E-state index contributed by atoms with van der Waals surface area (Å²) < 4.78 is 56.1. The third kappa shape index (κ3) is 6.36. The number of amides is 2. The topological polar surface area (TPSA) is 85.0 Å². The maximum atomic E-state index is 13.6. The average Bonchev–Trinajstić information content (AvgIpc) is 2.97. The van der Waals surface area contributed by atoms with Gasteiger partial charge in [-0.05, 0) is 29.1 Å². The third-order valence-electron chi connectivity index (χ3n) is 6.87. The van der Waals surface area contributed by atoms with Crippen LogP contribution in [0, 0.1) is 0 Å². The molecular weight excluding hydrogens is 537 g/mol. The predicted octanol–water partition coefficient (Wildman–Crippen LogP) is 6.41. The van der Waals surface area contributed by atoms with E-state index in [1.54, 1.807) is 6.07 Å². The normalized spacial score (nSPS) is 14.1. The molecule has 5 rings (SSSR count). The number of carbonyl (C=O) groups excluding carboxylic acids is 1. The number of aromatic nitrogens is 1. The van der Waals surface area contributed by atoms with Crippen molar-refractivity contribution in [1.29, 1.82) is 0 Å². The number of fused-ring (bicyclic) bond motifs is 1. The SMILES string of the molecule is COc1cc(OC)c(C(F)(F)F)cc1NC(=O)Nc1ccc(-c2ccc(CN3CCOCC3)nc2)c2ccccc12. The number of alkyl halides is 3. The number of methoxy groups -OCH3 is 2. The zero-order valence-corrected chi connectivity index (χ0v) is 22.5. The van der Waals surface area contributed by atoms with Gasteiger partial charge in [0.25, 0.3) is 0 Å². The van der Waals surface area contributed by atoms with Gasteiger partial charge in [-0.15, -0.1) is 0 Å². The smallest absolute Gasteiger partial charge is 0.420 e. The van der Waals surface area contributed by atoms with Crippen molar-refractivity contribution in [3.63, 3.8) is 0 Å². The number of nitrogens with one attached hydrogen (secondary N) is 2. The largest absolute Gasteiger partial charge is 0.496 e. The van der Waals surface area contributed by atoms with Gasteiger partial charge in [-0.2, -0.15) is 13.2 Å². The molecule has 0 bridgehead atoms. The van der Waals surface area contributed by atoms with Crippen LogP contribution in [0.1, 0.15) is 11.3 Å². The molecule has 214 valence electrons. The van der Waals surface area contributed by atoms with E-state index in [-0.39, 0.29) is 11.4 Å². The molecule has 2 N–H and O–H groups in total. The Balaban J connectivity index is 1.38. The second kappa shape index (κ2) is 12.0. The van der Waals surface area contributed by atoms with E-state index < -0.39 is 23.5 Å². The molecule has 0 aliphatic carbocycles. The minimum Gasteiger partial charge on any atom is -0.496 e. The Morgan fingerprint density at radius 2 is 1.63 bits per heavy atom. The van der Waals surface area contributed by atoms with E-state index in [2.05, 4.69) is 20.5 Å². The Hall–Kier alpha value is -4.35. The van der Waals surface area contributed by atoms with Crippen LogP contribution in [0.2, 0.25) is 0 Å². The molecule has 1 aliphatic rings. The second-order valence-corrected chi connectivity index (χ2v) is 9.46. The number of hydrogen-bond donors (Lipinski definition) is 2. The predicted molar refractivity (Wildman–Crippen MR) is 150 cm³/mol. The number of carbonyl (C=O) groups is 1. The van der Waals surface area contributed by atoms with Crippen LogP contribution >= 0.6 is 0 Å². The van der Waals surface area contributed by atoms with E-state index in [0.717, 1.165) is 79.7 Å². The van der Waals surface area contributed by atoms with E-state index in [1.807, 2.05) is 48.7 Å². The number of pyridine rings is 1. The van der Waals surface area contributed by atoms with Crippen molar-refractivity contribution in [1.82, 2.24) is 9.88 Å². The number of nitrogens with zero attached hydrogens (tertiary/aromatic N) is 2. The lowest BCUT2D eigenvalue weighted by molar-refractivity contribution is -0.138. The molecule has 0 unspecified atom stereocenters. The number of urea groups is 1. The van der Waals surface area contributed by atoms with Crippen LogP contribution in [0.4, 0.5) is 29.3 Å². The van der Waals surface area contributed by atoms with Gasteiger partial charge in [-0.25, -0.2) is 4.79 Å². The van der Waals surface area contributed by atoms with E-state index in [0.29, 0.717) is 5.69 Å². The monoisotopic (exact) mass is 566 g/mol. The Labute approximate surface area is 235 Å². The second-order valence-electron chi connectivity index (χ2n) is 9.46. The maximum absolute atomic E-state index is 13.6. The number of hydrogen-bond acceptors (Lipinski definition) is 6. The lowest BCUT2D eigenvalue weighted by atomic mass is 9.98. The molecule has 0 atom stereocenters. The van der Waals surface area contributed by atoms with Gasteiger partial charge in [0.05, 0.1) is 50.1 Å². The highest BCUT2D eigenvalue weighted by Crippen LogP contribution is 2.42. The summed E-state index contributed by atoms with van der Waals surface area (Å²) in [6.45, 7) is 3.97. The molecule has 1 saturated heterocycles. The number of ether oxygens (including phenoxy) is 3. The van der Waals surface area contributed by atoms with E-state index in [1.165, 1.54) is 7.11 Å². The highest BCUT2D eigenvalue weighted by atomic mass is 19.4. The fraction of sp³-hybridized carbons (Fsp3) is 0.267. The molecule has 11 heteroatoms. The molecule has 0 spiro atoms. The lowest BCUT2D eigenvalue weighted by Gasteiger charge is -2.26. The summed E-state index contributed by atoms with van der Waals surface area (Å²) in [6.07, 6.45) is -2.85. The minimum absolute atomic E-state index is 0.0229. The Morgan fingerprint density at radius 3 is 2.29 bits per heavy atom. The standard InChI is InChI=1S/C30H29F3N4O4/c1-39-27-16-28(40-2)26(15-24(27)30(31,32)33)36-29(38)35-25-10-9-21(22-5-3-4-6-23(22)25)19-7-8-20(34-17-19)18-37-11-13-41-14-12-37/h3-10,15-17H,11-14,18H2,1-2H3,(H2,35,36,38). The van der Waals surface area contributed by atoms with Crippen LogP contribution < -0.4 is 20.1 Å². The summed E-state index contributed by atoms with van der Waals surface area (Å²) in [5.74, 6) is -0.389. The summed E-state index contributed by atoms with van der Waals surface area (Å²) in [6, 6.07) is 16.4. The van der Waals surface area contributed by atoms with Gasteiger partial charge in [0.2, 0.25) is 0 Å². The van der Waals surface area contributed by atoms with Gasteiger partial charge >= 0.3 is 12.2 Å². The summed E-state index contributed by atoms with van der Waals surface area (Å²) in [5, 5.41) is 6.87. The Bertz CT molecular complexity index is 1540. The number of benzene rings is 3. The van der Waals surface area contributed by atoms with Crippen LogP contribution in [0.3, 0.4) is 0 Å². The fourth-order valence-electron chi connectivity index (χ4n) is 4.82. The molecule has 0 radical (unpaired) electrons. The summed E-state index contributed by atoms with van der Waals surface area (Å²) >= 11 is 0. The molecule has 2 heterocycles. The maximum Gasteiger partial charge on any atom is 0.420 e. The molecule has 4 aromatic rings. The molecule has 1 aliphatic heterocycles. The van der Waals surface area contributed by atoms with E-state index in [9.17, 15) is 18.0 Å². The Kier molecular flexibility index (Phi) is 8.27. The third-order valence-corrected chi connectivity index (χ3v) is 6.87. The highest BCUT2D eigenvalue weighted by molar-refractivity contribution is 6.10. The van der Waals surface area contributed by atoms with Crippen molar-refractivity contribution in [2.24, 2.45) is 0 Å². The van der Waals surface area contributed by atoms with Crippen molar-refractivity contribution in [2.45, 2.75) is 12.7 Å². The number of anilines is 2. The summed E-state index contributed by atoms with van der Waals surface area (Å²) in [4.78, 5) is 19.9. The van der Waals surface area contributed by atoms with Crippen LogP contribution in [0.5, 0.6) is 11.5 Å². The molecule has 3 aromatic carbocycles. The lowest BCUT2D eigenvalue weighted by Crippen LogP contribution is -2.35. The van der Waals surface area contributed by atoms with Crippen molar-refractivity contribution in [2.75, 3.05) is 51.2 Å². The van der Waals surface area contributed by atoms with Crippen LogP contribution in [0.15, 0.2) is 66.9 Å². The van der Waals surface area contributed by atoms with Gasteiger partial charge in [-0.3, -0.25) is 9.88 Å². The first-order chi connectivity index (χ1) is 19.8. The number of morpholine rings is 1. The first-order valence-electron chi connectivity index (χ1n) is 12.9. The van der Waals surface area contributed by atoms with Crippen LogP contribution in [-0.4, -0.2) is 56.4 Å². The molecule has 0 saturated carbocycles. The van der Waals surface area contributed by atoms with Crippen molar-refractivity contribution in [3.8, 4) is 22.6 Å². The quantitative estimate of drug-likeness (QED) is 0.269. The van der Waals surface area contributed by atoms with Crippen molar-refractivity contribution < 1.29 is 32.2 Å². The van der Waals surface area contributed by atoms with E-state index in [4.69, 9.17) is 14.2 Å². The fourth-order valence-corrected chi connectivity index (χ4v) is 4.82. The van der Waals surface area contributed by atoms with Crippen molar-refractivity contribution >= 4 is 28.2 Å². The molecule has 1 aromatic heterocycles. The average molecular weight is 567 g/mol. The summed E-state index contributed by atoms with van der Waals surface area (Å²) in [5.41, 5.74) is 2.13. The van der Waals surface area contributed by atoms with Gasteiger partial charge in [0.1, 0.15) is 11.5 Å². The summed E-state index contributed by atoms with van der Waals surface area (Å²) in [7, 11) is 2.43. The molecule has 1 fully saturated rings. The van der Waals surface area contributed by atoms with Gasteiger partial charge < -0.3 is 24.8 Å². The van der Waals surface area contributed by atoms with Gasteiger partial charge in [0.15, 0.2) is 0 Å². The van der Waals surface area contributed by atoms with Crippen LogP contribution in [-0.2, 0) is 17.5 Å². The van der Waals surface area contributed by atoms with E-state index >= 15 is 0 Å². The first kappa shape index (κ1) is 28.2. The van der Waals surface area contributed by atoms with Gasteiger partial charge in [-0.1, -0.05) is 36.4 Å². The molecule has 8 nitrogen and oxygen atoms in total. The minimum atomic E-state index is -4.69. The molecule has 2 amide bonds. The van der Waals surface area contributed by atoms with Gasteiger partial charge in [0, 0.05) is 42.8 Å². The van der Waals surface area contributed by atoms with Crippen LogP contribution in [0.25, 0.3) is 21.9 Å². The zero-order valence-electron chi connectivity index (χ0n) is 22.5. The zero-order chi connectivity index (χ0) is 29.0.